The Bertz CT molecular complexity index is 385. The molecule has 1 rings (SSSR count). The molecule has 0 saturated carbocycles. The molecule has 1 heteroatoms. The summed E-state index contributed by atoms with van der Waals surface area (Å²) in [5.74, 6) is 0.314. The molecule has 0 N–H and O–H groups in total. The van der Waals surface area contributed by atoms with Gasteiger partial charge in [0.2, 0.25) is 0 Å². The average molecular weight is 199 g/mol. The number of aryl methyl sites for hydroxylation is 1. The lowest BCUT2D eigenvalue weighted by molar-refractivity contribution is 0.905. The van der Waals surface area contributed by atoms with E-state index in [1.807, 2.05) is 18.2 Å². The first-order valence-corrected chi connectivity index (χ1v) is 5.37. The highest BCUT2D eigenvalue weighted by atomic mass is 14.2. The number of hydrogen-bond donors (Lipinski definition) is 0. The summed E-state index contributed by atoms with van der Waals surface area (Å²) in [6, 6.07) is 8.31. The summed E-state index contributed by atoms with van der Waals surface area (Å²) >= 11 is 0. The second-order valence-corrected chi connectivity index (χ2v) is 3.85. The van der Waals surface area contributed by atoms with E-state index >= 15 is 0 Å². The van der Waals surface area contributed by atoms with Gasteiger partial charge in [-0.3, -0.25) is 0 Å². The Balaban J connectivity index is 3.12. The minimum absolute atomic E-state index is 0.314. The van der Waals surface area contributed by atoms with Crippen LogP contribution < -0.4 is 0 Å². The molecule has 78 valence electrons. The van der Waals surface area contributed by atoms with Crippen LogP contribution in [0, 0.1) is 11.3 Å². The van der Waals surface area contributed by atoms with Crippen LogP contribution in [0.3, 0.4) is 0 Å². The molecular weight excluding hydrogens is 182 g/mol. The van der Waals surface area contributed by atoms with Gasteiger partial charge in [-0.25, -0.2) is 0 Å². The van der Waals surface area contributed by atoms with Crippen molar-refractivity contribution in [3.63, 3.8) is 0 Å². The van der Waals surface area contributed by atoms with Crippen molar-refractivity contribution in [1.82, 2.24) is 0 Å². The van der Waals surface area contributed by atoms with Gasteiger partial charge < -0.3 is 0 Å². The Kier molecular flexibility index (Phi) is 4.12. The topological polar surface area (TPSA) is 23.8 Å². The predicted molar refractivity (Wildman–Crippen MR) is 63.8 cm³/mol. The Labute approximate surface area is 92.1 Å². The third-order valence-electron chi connectivity index (χ3n) is 2.56. The Morgan fingerprint density at radius 3 is 2.73 bits per heavy atom. The summed E-state index contributed by atoms with van der Waals surface area (Å²) in [6.07, 6.45) is 4.05. The quantitative estimate of drug-likeness (QED) is 0.677. The highest BCUT2D eigenvalue weighted by Crippen LogP contribution is 2.20. The number of hydrogen-bond acceptors (Lipinski definition) is 1. The molecular formula is C14H17N. The van der Waals surface area contributed by atoms with Crippen molar-refractivity contribution in [3.05, 3.63) is 47.5 Å². The lowest BCUT2D eigenvalue weighted by Gasteiger charge is -2.09. The first-order chi connectivity index (χ1) is 7.21. The molecule has 1 unspecified atom stereocenters. The lowest BCUT2D eigenvalue weighted by Crippen LogP contribution is -1.94. The SMILES string of the molecule is C=CC(C)c1cc(C#N)cc(CCC)c1. The molecule has 0 bridgehead atoms. The van der Waals surface area contributed by atoms with Gasteiger partial charge in [-0.2, -0.15) is 5.26 Å². The van der Waals surface area contributed by atoms with Crippen molar-refractivity contribution < 1.29 is 0 Å². The smallest absolute Gasteiger partial charge is 0.0991 e. The third kappa shape index (κ3) is 2.95. The monoisotopic (exact) mass is 199 g/mol. The molecule has 0 aliphatic carbocycles. The van der Waals surface area contributed by atoms with Crippen LogP contribution in [-0.2, 0) is 6.42 Å². The van der Waals surface area contributed by atoms with E-state index in [-0.39, 0.29) is 0 Å². The summed E-state index contributed by atoms with van der Waals surface area (Å²) in [5, 5.41) is 8.93. The van der Waals surface area contributed by atoms with Crippen molar-refractivity contribution >= 4 is 0 Å². The number of nitrogens with zero attached hydrogens (tertiary/aromatic N) is 1. The van der Waals surface area contributed by atoms with Gasteiger partial charge in [-0.15, -0.1) is 6.58 Å². The van der Waals surface area contributed by atoms with Crippen molar-refractivity contribution in [1.29, 1.82) is 5.26 Å². The van der Waals surface area contributed by atoms with Gasteiger partial charge in [0, 0.05) is 0 Å². The molecule has 1 aromatic carbocycles. The molecule has 0 fully saturated rings. The number of nitriles is 1. The second-order valence-electron chi connectivity index (χ2n) is 3.85. The van der Waals surface area contributed by atoms with Crippen LogP contribution in [0.4, 0.5) is 0 Å². The van der Waals surface area contributed by atoms with E-state index in [0.29, 0.717) is 5.92 Å². The summed E-state index contributed by atoms with van der Waals surface area (Å²) in [6.45, 7) is 8.03. The van der Waals surface area contributed by atoms with Gasteiger partial charge in [0.25, 0.3) is 0 Å². The van der Waals surface area contributed by atoms with E-state index in [1.165, 1.54) is 11.1 Å². The van der Waals surface area contributed by atoms with Crippen molar-refractivity contribution in [2.24, 2.45) is 0 Å². The first kappa shape index (κ1) is 11.5. The number of benzene rings is 1. The van der Waals surface area contributed by atoms with Crippen LogP contribution >= 0.6 is 0 Å². The predicted octanol–water partition coefficient (Wildman–Crippen LogP) is 3.80. The average Bonchev–Trinajstić information content (AvgIpc) is 2.28. The van der Waals surface area contributed by atoms with Gasteiger partial charge in [-0.05, 0) is 35.6 Å². The molecule has 1 aromatic rings. The maximum absolute atomic E-state index is 8.93. The van der Waals surface area contributed by atoms with E-state index in [0.717, 1.165) is 18.4 Å². The lowest BCUT2D eigenvalue weighted by atomic mass is 9.95. The third-order valence-corrected chi connectivity index (χ3v) is 2.56. The second kappa shape index (κ2) is 5.36. The Morgan fingerprint density at radius 1 is 1.47 bits per heavy atom. The summed E-state index contributed by atoms with van der Waals surface area (Å²) in [4.78, 5) is 0. The van der Waals surface area contributed by atoms with E-state index in [9.17, 15) is 0 Å². The fraction of sp³-hybridized carbons (Fsp3) is 0.357. The van der Waals surface area contributed by atoms with Crippen LogP contribution in [0.25, 0.3) is 0 Å². The molecule has 0 radical (unpaired) electrons. The first-order valence-electron chi connectivity index (χ1n) is 5.37. The minimum atomic E-state index is 0.314. The molecule has 1 nitrogen and oxygen atoms in total. The molecule has 0 aromatic heterocycles. The highest BCUT2D eigenvalue weighted by molar-refractivity contribution is 5.39. The molecule has 0 saturated heterocycles. The maximum atomic E-state index is 8.93. The molecule has 0 amide bonds. The normalized spacial score (nSPS) is 11.8. The molecule has 0 spiro atoms. The van der Waals surface area contributed by atoms with Gasteiger partial charge in [0.1, 0.15) is 0 Å². The van der Waals surface area contributed by atoms with E-state index in [1.54, 1.807) is 0 Å². The Hall–Kier alpha value is -1.55. The van der Waals surface area contributed by atoms with Crippen LogP contribution in [0.15, 0.2) is 30.9 Å². The van der Waals surface area contributed by atoms with Crippen molar-refractivity contribution in [2.75, 3.05) is 0 Å². The minimum Gasteiger partial charge on any atom is -0.192 e. The van der Waals surface area contributed by atoms with E-state index in [2.05, 4.69) is 32.6 Å². The zero-order valence-corrected chi connectivity index (χ0v) is 9.46. The zero-order chi connectivity index (χ0) is 11.3. The number of allylic oxidation sites excluding steroid dienone is 1. The van der Waals surface area contributed by atoms with Gasteiger partial charge >= 0.3 is 0 Å². The summed E-state index contributed by atoms with van der Waals surface area (Å²) in [7, 11) is 0. The van der Waals surface area contributed by atoms with Crippen LogP contribution in [0.5, 0.6) is 0 Å². The molecule has 0 aliphatic heterocycles. The number of rotatable bonds is 4. The van der Waals surface area contributed by atoms with Crippen LogP contribution in [-0.4, -0.2) is 0 Å². The van der Waals surface area contributed by atoms with Crippen LogP contribution in [0.2, 0.25) is 0 Å². The van der Waals surface area contributed by atoms with E-state index < -0.39 is 0 Å². The summed E-state index contributed by atoms with van der Waals surface area (Å²) < 4.78 is 0. The van der Waals surface area contributed by atoms with Gasteiger partial charge in [0.15, 0.2) is 0 Å². The highest BCUT2D eigenvalue weighted by Gasteiger charge is 2.04. The molecule has 0 aliphatic rings. The Morgan fingerprint density at radius 2 is 2.20 bits per heavy atom. The van der Waals surface area contributed by atoms with Crippen LogP contribution in [0.1, 0.15) is 42.9 Å². The molecule has 15 heavy (non-hydrogen) atoms. The molecule has 1 atom stereocenters. The molecule has 0 heterocycles. The zero-order valence-electron chi connectivity index (χ0n) is 9.46. The van der Waals surface area contributed by atoms with Gasteiger partial charge in [-0.1, -0.05) is 32.4 Å². The van der Waals surface area contributed by atoms with Crippen molar-refractivity contribution in [2.45, 2.75) is 32.6 Å². The van der Waals surface area contributed by atoms with Gasteiger partial charge in [0.05, 0.1) is 11.6 Å². The van der Waals surface area contributed by atoms with E-state index in [4.69, 9.17) is 5.26 Å². The maximum Gasteiger partial charge on any atom is 0.0991 e. The summed E-state index contributed by atoms with van der Waals surface area (Å²) in [5.41, 5.74) is 3.19. The fourth-order valence-corrected chi connectivity index (χ4v) is 1.61. The standard InChI is InChI=1S/C14H17N/c1-4-6-12-7-13(10-15)9-14(8-12)11(3)5-2/h5,7-9,11H,2,4,6H2,1,3H3. The largest absolute Gasteiger partial charge is 0.192 e. The van der Waals surface area contributed by atoms with Crippen molar-refractivity contribution in [3.8, 4) is 6.07 Å². The fourth-order valence-electron chi connectivity index (χ4n) is 1.61.